The fraction of sp³-hybridized carbons (Fsp3) is 0.250. The molecule has 0 fully saturated rings. The van der Waals surface area contributed by atoms with E-state index < -0.39 is 24.1 Å². The lowest BCUT2D eigenvalue weighted by Crippen LogP contribution is -2.36. The van der Waals surface area contributed by atoms with Crippen molar-refractivity contribution in [3.63, 3.8) is 0 Å². The number of Topliss-reactive ketones (excluding diaryl/α,β-unsaturated/α-hetero) is 1. The molecule has 5 nitrogen and oxygen atoms in total. The quantitative estimate of drug-likeness (QED) is 0.247. The van der Waals surface area contributed by atoms with Crippen molar-refractivity contribution >= 4 is 63.8 Å². The normalized spacial score (nSPS) is 6.91. The predicted molar refractivity (Wildman–Crippen MR) is 31.1 cm³/mol. The lowest BCUT2D eigenvalue weighted by Gasteiger charge is -1.99. The second-order valence-corrected chi connectivity index (χ2v) is 1.26. The summed E-state index contributed by atoms with van der Waals surface area (Å²) in [7, 11) is 0. The summed E-state index contributed by atoms with van der Waals surface area (Å²) in [6.45, 7) is 0. The molecule has 0 saturated heterocycles. The molecule has 0 aliphatic carbocycles. The number of aliphatic carboxylic acids is 2. The highest BCUT2D eigenvalue weighted by Gasteiger charge is 2.00. The van der Waals surface area contributed by atoms with Crippen LogP contribution in [0.3, 0.4) is 0 Å². The predicted octanol–water partition coefficient (Wildman–Crippen LogP) is -4.32. The second kappa shape index (κ2) is 8.24. The van der Waals surface area contributed by atoms with Crippen LogP contribution in [0.15, 0.2) is 0 Å². The first-order chi connectivity index (χ1) is 4.04. The summed E-state index contributed by atoms with van der Waals surface area (Å²) in [6, 6.07) is 0. The molecular weight excluding hydrogens is 177 g/mol. The Morgan fingerprint density at radius 2 is 1.36 bits per heavy atom. The van der Waals surface area contributed by atoms with Gasteiger partial charge in [0.1, 0.15) is 5.97 Å². The zero-order valence-corrected chi connectivity index (χ0v) is 8.49. The van der Waals surface area contributed by atoms with Gasteiger partial charge in [0, 0.05) is 52.1 Å². The first-order valence-electron chi connectivity index (χ1n) is 1.98. The summed E-state index contributed by atoms with van der Waals surface area (Å²) < 4.78 is 0. The highest BCUT2D eigenvalue weighted by atomic mass is 24.3. The Labute approximate surface area is 94.4 Å². The molecule has 0 N–H and O–H groups in total. The van der Waals surface area contributed by atoms with E-state index in [1.54, 1.807) is 0 Å². The average Bonchev–Trinajstić information content (AvgIpc) is 1.63. The van der Waals surface area contributed by atoms with Crippen LogP contribution in [0.25, 0.3) is 0 Å². The SMILES string of the molecule is O=C([O-])CC(=O)C(=O)[O-].[Mg].[Mg]. The van der Waals surface area contributed by atoms with E-state index in [0.717, 1.165) is 0 Å². The number of carbonyl (C=O) groups excluding carboxylic acids is 3. The van der Waals surface area contributed by atoms with Gasteiger partial charge in [-0.25, -0.2) is 0 Å². The van der Waals surface area contributed by atoms with E-state index >= 15 is 0 Å². The molecule has 0 aromatic heterocycles. The maximum Gasteiger partial charge on any atom is 0.183 e. The van der Waals surface area contributed by atoms with E-state index in [0.29, 0.717) is 0 Å². The van der Waals surface area contributed by atoms with Gasteiger partial charge < -0.3 is 19.8 Å². The highest BCUT2D eigenvalue weighted by molar-refractivity contribution is 6.34. The maximum atomic E-state index is 9.87. The monoisotopic (exact) mass is 178 g/mol. The smallest absolute Gasteiger partial charge is 0.183 e. The van der Waals surface area contributed by atoms with Crippen molar-refractivity contribution in [2.75, 3.05) is 0 Å². The van der Waals surface area contributed by atoms with Crippen LogP contribution < -0.4 is 10.2 Å². The van der Waals surface area contributed by atoms with E-state index in [1.807, 2.05) is 0 Å². The largest absolute Gasteiger partial charge is 0.550 e. The molecule has 54 valence electrons. The summed E-state index contributed by atoms with van der Waals surface area (Å²) in [5.74, 6) is -5.20. The van der Waals surface area contributed by atoms with Gasteiger partial charge in [0.15, 0.2) is 5.78 Å². The molecule has 0 aromatic carbocycles. The molecular formula is C4H2Mg2O5-2. The average molecular weight is 179 g/mol. The number of rotatable bonds is 3. The van der Waals surface area contributed by atoms with Gasteiger partial charge in [-0.05, 0) is 0 Å². The molecule has 0 heterocycles. The number of carboxylic acids is 2. The van der Waals surface area contributed by atoms with Crippen LogP contribution >= 0.6 is 0 Å². The van der Waals surface area contributed by atoms with Crippen LogP contribution in [0, 0.1) is 0 Å². The molecule has 0 rings (SSSR count). The Bertz CT molecular complexity index is 166. The third-order valence-electron chi connectivity index (χ3n) is 0.533. The Balaban J connectivity index is -0.000000320. The molecule has 0 aliphatic heterocycles. The van der Waals surface area contributed by atoms with Gasteiger partial charge in [-0.3, -0.25) is 4.79 Å². The fourth-order valence-corrected chi connectivity index (χ4v) is 0.203. The van der Waals surface area contributed by atoms with Gasteiger partial charge in [-0.2, -0.15) is 0 Å². The summed E-state index contributed by atoms with van der Waals surface area (Å²) in [5, 5.41) is 19.0. The van der Waals surface area contributed by atoms with Crippen LogP contribution in [0.5, 0.6) is 0 Å². The van der Waals surface area contributed by atoms with Gasteiger partial charge in [0.25, 0.3) is 0 Å². The Morgan fingerprint density at radius 3 is 1.45 bits per heavy atom. The van der Waals surface area contributed by atoms with Crippen molar-refractivity contribution in [2.45, 2.75) is 6.42 Å². The molecule has 0 unspecified atom stereocenters. The lowest BCUT2D eigenvalue weighted by molar-refractivity contribution is -0.309. The van der Waals surface area contributed by atoms with E-state index in [9.17, 15) is 24.6 Å². The first kappa shape index (κ1) is 17.3. The van der Waals surface area contributed by atoms with Crippen molar-refractivity contribution in [1.29, 1.82) is 0 Å². The van der Waals surface area contributed by atoms with E-state index in [1.165, 1.54) is 0 Å². The van der Waals surface area contributed by atoms with Gasteiger partial charge in [-0.15, -0.1) is 0 Å². The van der Waals surface area contributed by atoms with Crippen molar-refractivity contribution in [2.24, 2.45) is 0 Å². The first-order valence-corrected chi connectivity index (χ1v) is 1.98. The number of carbonyl (C=O) groups is 3. The third kappa shape index (κ3) is 10.1. The molecule has 4 radical (unpaired) electrons. The highest BCUT2D eigenvalue weighted by Crippen LogP contribution is 1.76. The van der Waals surface area contributed by atoms with Crippen LogP contribution in [0.4, 0.5) is 0 Å². The van der Waals surface area contributed by atoms with Crippen molar-refractivity contribution in [3.05, 3.63) is 0 Å². The molecule has 11 heavy (non-hydrogen) atoms. The number of carboxylic acid groups (broad SMARTS) is 2. The summed E-state index contributed by atoms with van der Waals surface area (Å²) >= 11 is 0. The van der Waals surface area contributed by atoms with Crippen LogP contribution in [-0.2, 0) is 14.4 Å². The fourth-order valence-electron chi connectivity index (χ4n) is 0.203. The molecule has 0 amide bonds. The zero-order chi connectivity index (χ0) is 7.44. The minimum absolute atomic E-state index is 0. The topological polar surface area (TPSA) is 97.3 Å². The van der Waals surface area contributed by atoms with Gasteiger partial charge >= 0.3 is 0 Å². The molecule has 0 bridgehead atoms. The molecule has 0 aromatic rings. The Kier molecular flexibility index (Phi) is 13.0. The number of hydrogen-bond donors (Lipinski definition) is 0. The van der Waals surface area contributed by atoms with Crippen molar-refractivity contribution < 1.29 is 24.6 Å². The van der Waals surface area contributed by atoms with Gasteiger partial charge in [0.05, 0.1) is 6.42 Å². The Hall–Kier alpha value is 0.142. The molecule has 0 aliphatic rings. The summed E-state index contributed by atoms with van der Waals surface area (Å²) in [5.41, 5.74) is 0. The number of hydrogen-bond acceptors (Lipinski definition) is 5. The van der Waals surface area contributed by atoms with Crippen LogP contribution in [0.1, 0.15) is 6.42 Å². The van der Waals surface area contributed by atoms with E-state index in [4.69, 9.17) is 0 Å². The molecule has 0 atom stereocenters. The number of ketones is 1. The zero-order valence-electron chi connectivity index (χ0n) is 5.66. The van der Waals surface area contributed by atoms with E-state index in [-0.39, 0.29) is 46.1 Å². The third-order valence-corrected chi connectivity index (χ3v) is 0.533. The lowest BCUT2D eigenvalue weighted by atomic mass is 10.3. The van der Waals surface area contributed by atoms with Crippen LogP contribution in [-0.4, -0.2) is 63.8 Å². The van der Waals surface area contributed by atoms with Crippen LogP contribution in [0.2, 0.25) is 0 Å². The van der Waals surface area contributed by atoms with E-state index in [2.05, 4.69) is 0 Å². The van der Waals surface area contributed by atoms with Crippen molar-refractivity contribution in [3.8, 4) is 0 Å². The summed E-state index contributed by atoms with van der Waals surface area (Å²) in [4.78, 5) is 28.8. The van der Waals surface area contributed by atoms with Gasteiger partial charge in [0.2, 0.25) is 0 Å². The second-order valence-electron chi connectivity index (χ2n) is 1.26. The maximum absolute atomic E-state index is 9.87. The summed E-state index contributed by atoms with van der Waals surface area (Å²) in [6.07, 6.45) is -1.12. The van der Waals surface area contributed by atoms with Crippen molar-refractivity contribution in [1.82, 2.24) is 0 Å². The van der Waals surface area contributed by atoms with Gasteiger partial charge in [-0.1, -0.05) is 0 Å². The molecule has 0 saturated carbocycles. The standard InChI is InChI=1S/C4H4O5.2Mg/c5-2(4(8)9)1-3(6)7;;/h1H2,(H,6,7)(H,8,9);;/p-2. The minimum Gasteiger partial charge on any atom is -0.550 e. The minimum atomic E-state index is -2.00. The molecule has 7 heteroatoms. The molecule has 0 spiro atoms. The Morgan fingerprint density at radius 1 is 1.00 bits per heavy atom.